The van der Waals surface area contributed by atoms with Crippen LogP contribution in [0.25, 0.3) is 11.5 Å². The van der Waals surface area contributed by atoms with Gasteiger partial charge in [0.2, 0.25) is 5.89 Å². The Kier molecular flexibility index (Phi) is 3.77. The van der Waals surface area contributed by atoms with E-state index in [-0.39, 0.29) is 18.5 Å². The Hall–Kier alpha value is -1.99. The highest BCUT2D eigenvalue weighted by atomic mass is 35.5. The normalized spacial score (nSPS) is 23.3. The molecule has 24 heavy (non-hydrogen) atoms. The maximum Gasteiger partial charge on any atom is 0.325 e. The fourth-order valence-corrected chi connectivity index (χ4v) is 4.46. The molecular weight excluding hydrogens is 350 g/mol. The Labute approximate surface area is 147 Å². The molecule has 4 rings (SSSR count). The number of carbonyl (C=O) groups excluding carboxylic acids is 2. The molecule has 0 bridgehead atoms. The molecule has 1 atom stereocenters. The van der Waals surface area contributed by atoms with Crippen LogP contribution < -0.4 is 5.32 Å². The third-order valence-corrected chi connectivity index (χ3v) is 5.64. The monoisotopic (exact) mass is 363 g/mol. The van der Waals surface area contributed by atoms with Crippen molar-refractivity contribution in [3.8, 4) is 11.5 Å². The molecule has 6 nitrogen and oxygen atoms in total. The summed E-state index contributed by atoms with van der Waals surface area (Å²) < 4.78 is 5.46. The molecular formula is C16H14ClN3O3S. The fourth-order valence-electron chi connectivity index (χ4n) is 2.95. The standard InChI is InChI=1S/C16H14ClN3O3S/c17-11-3-1-2-10(6-11)13-18-12(8-23-13)7-20-14(21)16(19-15(20)22)4-5-24-9-16/h1-3,6,8H,4-5,7,9H2,(H,19,22). The van der Waals surface area contributed by atoms with Gasteiger partial charge in [-0.25, -0.2) is 9.78 Å². The molecule has 2 aromatic rings. The number of oxazole rings is 1. The maximum absolute atomic E-state index is 12.6. The van der Waals surface area contributed by atoms with Crippen LogP contribution in [0.15, 0.2) is 34.9 Å². The summed E-state index contributed by atoms with van der Waals surface area (Å²) in [6.45, 7) is 0.0984. The van der Waals surface area contributed by atoms with Crippen molar-refractivity contribution in [2.75, 3.05) is 11.5 Å². The number of nitrogens with zero attached hydrogens (tertiary/aromatic N) is 2. The first-order valence-electron chi connectivity index (χ1n) is 7.50. The molecule has 3 heterocycles. The summed E-state index contributed by atoms with van der Waals surface area (Å²) in [6.07, 6.45) is 2.14. The van der Waals surface area contributed by atoms with Crippen molar-refractivity contribution in [2.45, 2.75) is 18.5 Å². The van der Waals surface area contributed by atoms with Gasteiger partial charge < -0.3 is 9.73 Å². The van der Waals surface area contributed by atoms with Crippen molar-refractivity contribution in [3.05, 3.63) is 41.2 Å². The zero-order valence-electron chi connectivity index (χ0n) is 12.6. The largest absolute Gasteiger partial charge is 0.444 e. The number of benzene rings is 1. The molecule has 124 valence electrons. The van der Waals surface area contributed by atoms with Crippen LogP contribution in [0.3, 0.4) is 0 Å². The van der Waals surface area contributed by atoms with E-state index in [4.69, 9.17) is 16.0 Å². The van der Waals surface area contributed by atoms with E-state index in [2.05, 4.69) is 10.3 Å². The van der Waals surface area contributed by atoms with Crippen LogP contribution in [0.4, 0.5) is 4.79 Å². The number of carbonyl (C=O) groups is 2. The molecule has 8 heteroatoms. The minimum Gasteiger partial charge on any atom is -0.444 e. The van der Waals surface area contributed by atoms with E-state index in [1.807, 2.05) is 6.07 Å². The van der Waals surface area contributed by atoms with Gasteiger partial charge in [0.25, 0.3) is 5.91 Å². The number of rotatable bonds is 3. The van der Waals surface area contributed by atoms with E-state index in [1.165, 1.54) is 11.2 Å². The first-order valence-corrected chi connectivity index (χ1v) is 9.03. The Morgan fingerprint density at radius 1 is 1.42 bits per heavy atom. The molecule has 0 saturated carbocycles. The third kappa shape index (κ3) is 2.57. The second kappa shape index (κ2) is 5.82. The fraction of sp³-hybridized carbons (Fsp3) is 0.312. The highest BCUT2D eigenvalue weighted by Crippen LogP contribution is 2.34. The number of aromatic nitrogens is 1. The molecule has 2 saturated heterocycles. The number of nitrogens with one attached hydrogen (secondary N) is 1. The zero-order chi connectivity index (χ0) is 16.7. The quantitative estimate of drug-likeness (QED) is 0.848. The average Bonchev–Trinajstić information content (AvgIpc) is 3.26. The Bertz CT molecular complexity index is 816. The number of hydrogen-bond donors (Lipinski definition) is 1. The average molecular weight is 364 g/mol. The van der Waals surface area contributed by atoms with Crippen molar-refractivity contribution < 1.29 is 14.0 Å². The highest BCUT2D eigenvalue weighted by molar-refractivity contribution is 7.99. The predicted octanol–water partition coefficient (Wildman–Crippen LogP) is 2.92. The van der Waals surface area contributed by atoms with Gasteiger partial charge >= 0.3 is 6.03 Å². The summed E-state index contributed by atoms with van der Waals surface area (Å²) in [6, 6.07) is 6.78. The molecule has 2 aliphatic rings. The van der Waals surface area contributed by atoms with Gasteiger partial charge in [0.15, 0.2) is 0 Å². The topological polar surface area (TPSA) is 75.4 Å². The first-order chi connectivity index (χ1) is 11.6. The molecule has 2 aliphatic heterocycles. The van der Waals surface area contributed by atoms with Crippen molar-refractivity contribution in [1.29, 1.82) is 0 Å². The molecule has 1 aromatic carbocycles. The molecule has 2 fully saturated rings. The van der Waals surface area contributed by atoms with Crippen molar-refractivity contribution >= 4 is 35.3 Å². The lowest BCUT2D eigenvalue weighted by Gasteiger charge is -2.18. The first kappa shape index (κ1) is 15.5. The highest BCUT2D eigenvalue weighted by Gasteiger charge is 2.52. The molecule has 1 N–H and O–H groups in total. The van der Waals surface area contributed by atoms with Gasteiger partial charge in [0, 0.05) is 16.3 Å². The van der Waals surface area contributed by atoms with Gasteiger partial charge in [-0.2, -0.15) is 11.8 Å². The Morgan fingerprint density at radius 2 is 2.29 bits per heavy atom. The van der Waals surface area contributed by atoms with Gasteiger partial charge in [-0.15, -0.1) is 0 Å². The van der Waals surface area contributed by atoms with E-state index >= 15 is 0 Å². The molecule has 3 amide bonds. The van der Waals surface area contributed by atoms with Crippen molar-refractivity contribution in [1.82, 2.24) is 15.2 Å². The van der Waals surface area contributed by atoms with Gasteiger partial charge in [0.1, 0.15) is 11.8 Å². The molecule has 1 spiro atoms. The van der Waals surface area contributed by atoms with Gasteiger partial charge in [-0.3, -0.25) is 9.69 Å². The molecule has 1 unspecified atom stereocenters. The van der Waals surface area contributed by atoms with Crippen LogP contribution in [-0.4, -0.2) is 38.9 Å². The third-order valence-electron chi connectivity index (χ3n) is 4.21. The van der Waals surface area contributed by atoms with Gasteiger partial charge in [0.05, 0.1) is 12.2 Å². The zero-order valence-corrected chi connectivity index (χ0v) is 14.2. The maximum atomic E-state index is 12.6. The lowest BCUT2D eigenvalue weighted by Crippen LogP contribution is -2.46. The van der Waals surface area contributed by atoms with Crippen molar-refractivity contribution in [2.24, 2.45) is 0 Å². The minimum atomic E-state index is -0.735. The van der Waals surface area contributed by atoms with E-state index in [1.54, 1.807) is 30.0 Å². The Balaban J connectivity index is 1.54. The summed E-state index contributed by atoms with van der Waals surface area (Å²) in [5.74, 6) is 1.74. The summed E-state index contributed by atoms with van der Waals surface area (Å²) in [5.41, 5.74) is 0.534. The number of amides is 3. The van der Waals surface area contributed by atoms with E-state index in [9.17, 15) is 9.59 Å². The van der Waals surface area contributed by atoms with E-state index in [0.29, 0.717) is 28.8 Å². The number of urea groups is 1. The summed E-state index contributed by atoms with van der Waals surface area (Å²) >= 11 is 7.65. The number of imide groups is 1. The lowest BCUT2D eigenvalue weighted by atomic mass is 9.99. The summed E-state index contributed by atoms with van der Waals surface area (Å²) in [7, 11) is 0. The molecule has 0 aliphatic carbocycles. The van der Waals surface area contributed by atoms with Crippen LogP contribution in [-0.2, 0) is 11.3 Å². The minimum absolute atomic E-state index is 0.0984. The van der Waals surface area contributed by atoms with Gasteiger partial charge in [-0.05, 0) is 30.4 Å². The molecule has 1 aromatic heterocycles. The second-order valence-electron chi connectivity index (χ2n) is 5.86. The van der Waals surface area contributed by atoms with E-state index < -0.39 is 5.54 Å². The van der Waals surface area contributed by atoms with Gasteiger partial charge in [-0.1, -0.05) is 17.7 Å². The lowest BCUT2D eigenvalue weighted by molar-refractivity contribution is -0.130. The number of thioether (sulfide) groups is 1. The van der Waals surface area contributed by atoms with Crippen LogP contribution >= 0.6 is 23.4 Å². The van der Waals surface area contributed by atoms with E-state index in [0.717, 1.165) is 11.3 Å². The van der Waals surface area contributed by atoms with Crippen LogP contribution in [0, 0.1) is 0 Å². The second-order valence-corrected chi connectivity index (χ2v) is 7.40. The van der Waals surface area contributed by atoms with Crippen LogP contribution in [0.2, 0.25) is 5.02 Å². The van der Waals surface area contributed by atoms with Crippen LogP contribution in [0.1, 0.15) is 12.1 Å². The smallest absolute Gasteiger partial charge is 0.325 e. The molecule has 0 radical (unpaired) electrons. The number of hydrogen-bond acceptors (Lipinski definition) is 5. The van der Waals surface area contributed by atoms with Crippen molar-refractivity contribution in [3.63, 3.8) is 0 Å². The Morgan fingerprint density at radius 3 is 3.04 bits per heavy atom. The summed E-state index contributed by atoms with van der Waals surface area (Å²) in [5, 5.41) is 3.42. The predicted molar refractivity (Wildman–Crippen MR) is 90.7 cm³/mol. The van der Waals surface area contributed by atoms with Crippen LogP contribution in [0.5, 0.6) is 0 Å². The summed E-state index contributed by atoms with van der Waals surface area (Å²) in [4.78, 5) is 30.4. The SMILES string of the molecule is O=C1NC2(CCSC2)C(=O)N1Cc1coc(-c2cccc(Cl)c2)n1. The number of halogens is 1.